The van der Waals surface area contributed by atoms with Crippen molar-refractivity contribution in [2.24, 2.45) is 5.92 Å². The van der Waals surface area contributed by atoms with Gasteiger partial charge < -0.3 is 4.74 Å². The Morgan fingerprint density at radius 2 is 1.41 bits per heavy atom. The molecule has 1 aliphatic rings. The summed E-state index contributed by atoms with van der Waals surface area (Å²) in [5.41, 5.74) is 0.920. The van der Waals surface area contributed by atoms with Gasteiger partial charge >= 0.3 is 0 Å². The number of sulfone groups is 1. The van der Waals surface area contributed by atoms with E-state index in [1.807, 2.05) is 50.2 Å². The minimum Gasteiger partial charge on any atom is -0.369 e. The van der Waals surface area contributed by atoms with Crippen molar-refractivity contribution in [3.05, 3.63) is 66.2 Å². The molecule has 1 heterocycles. The molecule has 4 atom stereocenters. The minimum atomic E-state index is -3.44. The van der Waals surface area contributed by atoms with Crippen LogP contribution in [0.2, 0.25) is 0 Å². The second-order valence-electron chi connectivity index (χ2n) is 5.85. The van der Waals surface area contributed by atoms with E-state index in [0.717, 1.165) is 5.56 Å². The van der Waals surface area contributed by atoms with Crippen molar-refractivity contribution in [2.75, 3.05) is 0 Å². The van der Waals surface area contributed by atoms with Gasteiger partial charge in [0.15, 0.2) is 9.84 Å². The molecule has 3 rings (SSSR count). The lowest BCUT2D eigenvalue weighted by molar-refractivity contribution is 0.0477. The highest BCUT2D eigenvalue weighted by molar-refractivity contribution is 7.92. The summed E-state index contributed by atoms with van der Waals surface area (Å²) >= 11 is 0. The summed E-state index contributed by atoms with van der Waals surface area (Å²) < 4.78 is 32.2. The molecule has 4 heteroatoms. The first kappa shape index (κ1) is 15.3. The molecule has 22 heavy (non-hydrogen) atoms. The smallest absolute Gasteiger partial charge is 0.184 e. The van der Waals surface area contributed by atoms with E-state index in [4.69, 9.17) is 4.74 Å². The largest absolute Gasteiger partial charge is 0.369 e. The Hall–Kier alpha value is -1.65. The molecule has 1 aliphatic heterocycles. The Kier molecular flexibility index (Phi) is 4.06. The SMILES string of the molecule is CC1OC(c2ccccc2)C(S(=O)(=O)c2ccccc2)C1C. The second kappa shape index (κ2) is 5.86. The van der Waals surface area contributed by atoms with Crippen molar-refractivity contribution in [1.82, 2.24) is 0 Å². The van der Waals surface area contributed by atoms with Crippen molar-refractivity contribution < 1.29 is 13.2 Å². The van der Waals surface area contributed by atoms with E-state index in [2.05, 4.69) is 0 Å². The van der Waals surface area contributed by atoms with E-state index in [1.54, 1.807) is 24.3 Å². The molecular weight excluding hydrogens is 296 g/mol. The maximum absolute atomic E-state index is 13.1. The normalized spacial score (nSPS) is 28.6. The monoisotopic (exact) mass is 316 g/mol. The van der Waals surface area contributed by atoms with Gasteiger partial charge in [-0.05, 0) is 24.6 Å². The summed E-state index contributed by atoms with van der Waals surface area (Å²) in [6, 6.07) is 18.3. The first-order valence-electron chi connectivity index (χ1n) is 7.51. The van der Waals surface area contributed by atoms with Crippen LogP contribution in [0.5, 0.6) is 0 Å². The zero-order valence-corrected chi connectivity index (χ0v) is 13.5. The van der Waals surface area contributed by atoms with Crippen molar-refractivity contribution in [3.8, 4) is 0 Å². The van der Waals surface area contributed by atoms with Crippen LogP contribution in [0.15, 0.2) is 65.6 Å². The molecule has 1 fully saturated rings. The molecule has 116 valence electrons. The number of ether oxygens (including phenoxy) is 1. The third-order valence-electron chi connectivity index (χ3n) is 4.48. The summed E-state index contributed by atoms with van der Waals surface area (Å²) in [5.74, 6) is -0.0598. The summed E-state index contributed by atoms with van der Waals surface area (Å²) in [5, 5.41) is -0.563. The fraction of sp³-hybridized carbons (Fsp3) is 0.333. The van der Waals surface area contributed by atoms with E-state index in [9.17, 15) is 8.42 Å². The molecule has 0 bridgehead atoms. The predicted octanol–water partition coefficient (Wildman–Crippen LogP) is 3.63. The molecule has 0 spiro atoms. The van der Waals surface area contributed by atoms with Crippen molar-refractivity contribution >= 4 is 9.84 Å². The van der Waals surface area contributed by atoms with E-state index in [0.29, 0.717) is 4.90 Å². The molecule has 0 aromatic heterocycles. The van der Waals surface area contributed by atoms with Gasteiger partial charge in [0.25, 0.3) is 0 Å². The molecule has 4 unspecified atom stereocenters. The quantitative estimate of drug-likeness (QED) is 0.868. The second-order valence-corrected chi connectivity index (χ2v) is 7.96. The molecule has 0 N–H and O–H groups in total. The van der Waals surface area contributed by atoms with Gasteiger partial charge in [-0.1, -0.05) is 55.5 Å². The summed E-state index contributed by atoms with van der Waals surface area (Å²) in [4.78, 5) is 0.366. The van der Waals surface area contributed by atoms with Gasteiger partial charge in [-0.25, -0.2) is 8.42 Å². The van der Waals surface area contributed by atoms with Crippen molar-refractivity contribution in [1.29, 1.82) is 0 Å². The van der Waals surface area contributed by atoms with E-state index in [1.165, 1.54) is 0 Å². The van der Waals surface area contributed by atoms with Crippen LogP contribution in [0.1, 0.15) is 25.5 Å². The molecule has 0 amide bonds. The van der Waals surface area contributed by atoms with Crippen LogP contribution >= 0.6 is 0 Å². The van der Waals surface area contributed by atoms with Crippen molar-refractivity contribution in [3.63, 3.8) is 0 Å². The Morgan fingerprint density at radius 1 is 0.864 bits per heavy atom. The number of rotatable bonds is 3. The summed E-state index contributed by atoms with van der Waals surface area (Å²) in [6.45, 7) is 3.90. The highest BCUT2D eigenvalue weighted by Crippen LogP contribution is 2.43. The first-order chi connectivity index (χ1) is 10.5. The first-order valence-corrected chi connectivity index (χ1v) is 9.06. The third kappa shape index (κ3) is 2.57. The Balaban J connectivity index is 2.06. The van der Waals surface area contributed by atoms with E-state index < -0.39 is 21.2 Å². The van der Waals surface area contributed by atoms with Crippen LogP contribution < -0.4 is 0 Å². The highest BCUT2D eigenvalue weighted by atomic mass is 32.2. The fourth-order valence-electron chi connectivity index (χ4n) is 3.10. The van der Waals surface area contributed by atoms with E-state index >= 15 is 0 Å². The maximum Gasteiger partial charge on any atom is 0.184 e. The standard InChI is InChI=1S/C18H20O3S/c1-13-14(2)21-17(15-9-5-3-6-10-15)18(13)22(19,20)16-11-7-4-8-12-16/h3-14,17-18H,1-2H3. The maximum atomic E-state index is 13.1. The van der Waals surface area contributed by atoms with Gasteiger partial charge in [0.1, 0.15) is 11.4 Å². The minimum absolute atomic E-state index is 0.0598. The summed E-state index contributed by atoms with van der Waals surface area (Å²) in [6.07, 6.45) is -0.509. The molecule has 0 saturated carbocycles. The number of hydrogen-bond acceptors (Lipinski definition) is 3. The average Bonchev–Trinajstić information content (AvgIpc) is 2.85. The van der Waals surface area contributed by atoms with Gasteiger partial charge in [-0.15, -0.1) is 0 Å². The van der Waals surface area contributed by atoms with Gasteiger partial charge in [-0.2, -0.15) is 0 Å². The molecule has 2 aromatic carbocycles. The Labute approximate surface area is 131 Å². The fourth-order valence-corrected chi connectivity index (χ4v) is 5.28. The highest BCUT2D eigenvalue weighted by Gasteiger charge is 2.48. The average molecular weight is 316 g/mol. The van der Waals surface area contributed by atoms with Crippen LogP contribution in [-0.4, -0.2) is 19.8 Å². The zero-order valence-electron chi connectivity index (χ0n) is 12.7. The number of benzene rings is 2. The molecule has 0 aliphatic carbocycles. The van der Waals surface area contributed by atoms with Crippen LogP contribution in [0.3, 0.4) is 0 Å². The zero-order chi connectivity index (χ0) is 15.7. The lowest BCUT2D eigenvalue weighted by Crippen LogP contribution is -2.30. The van der Waals surface area contributed by atoms with Crippen LogP contribution in [0.25, 0.3) is 0 Å². The lowest BCUT2D eigenvalue weighted by Gasteiger charge is -2.21. The van der Waals surface area contributed by atoms with Gasteiger partial charge in [0.05, 0.1) is 11.0 Å². The number of hydrogen-bond donors (Lipinski definition) is 0. The molecular formula is C18H20O3S. The van der Waals surface area contributed by atoms with Crippen LogP contribution in [0, 0.1) is 5.92 Å². The summed E-state index contributed by atoms with van der Waals surface area (Å²) in [7, 11) is -3.44. The Bertz CT molecular complexity index is 725. The van der Waals surface area contributed by atoms with Crippen LogP contribution in [-0.2, 0) is 14.6 Å². The Morgan fingerprint density at radius 3 is 2.00 bits per heavy atom. The molecule has 1 saturated heterocycles. The lowest BCUT2D eigenvalue weighted by atomic mass is 9.98. The van der Waals surface area contributed by atoms with Gasteiger partial charge in [0.2, 0.25) is 0 Å². The van der Waals surface area contributed by atoms with Crippen LogP contribution in [0.4, 0.5) is 0 Å². The third-order valence-corrected chi connectivity index (χ3v) is 6.80. The van der Waals surface area contributed by atoms with Gasteiger partial charge in [-0.3, -0.25) is 0 Å². The molecule has 0 radical (unpaired) electrons. The molecule has 3 nitrogen and oxygen atoms in total. The van der Waals surface area contributed by atoms with E-state index in [-0.39, 0.29) is 12.0 Å². The van der Waals surface area contributed by atoms with Crippen molar-refractivity contribution in [2.45, 2.75) is 36.2 Å². The predicted molar refractivity (Wildman–Crippen MR) is 86.3 cm³/mol. The molecule has 2 aromatic rings. The topological polar surface area (TPSA) is 43.4 Å². The van der Waals surface area contributed by atoms with Gasteiger partial charge in [0, 0.05) is 5.92 Å².